The lowest BCUT2D eigenvalue weighted by Crippen LogP contribution is -2.25. The molecule has 0 amide bonds. The van der Waals surface area contributed by atoms with Crippen molar-refractivity contribution >= 4 is 6.29 Å². The zero-order valence-electron chi connectivity index (χ0n) is 10.8. The predicted octanol–water partition coefficient (Wildman–Crippen LogP) is 4.58. The number of hydrogen-bond donors (Lipinski definition) is 0. The summed E-state index contributed by atoms with van der Waals surface area (Å²) in [6, 6.07) is 0. The SMILES string of the molecule is O=CC1CCC(C2CCC(C=C(F)F)CC2)CC1. The van der Waals surface area contributed by atoms with Crippen molar-refractivity contribution < 1.29 is 13.6 Å². The smallest absolute Gasteiger partial charge is 0.266 e. The highest BCUT2D eigenvalue weighted by Gasteiger charge is 2.30. The van der Waals surface area contributed by atoms with E-state index < -0.39 is 6.08 Å². The Kier molecular flexibility index (Phi) is 4.90. The molecular weight excluding hydrogens is 234 g/mol. The Morgan fingerprint density at radius 2 is 1.22 bits per heavy atom. The van der Waals surface area contributed by atoms with Gasteiger partial charge < -0.3 is 4.79 Å². The molecule has 0 N–H and O–H groups in total. The fourth-order valence-corrected chi connectivity index (χ4v) is 3.71. The molecule has 2 aliphatic rings. The van der Waals surface area contributed by atoms with Crippen LogP contribution < -0.4 is 0 Å². The second-order valence-electron chi connectivity index (χ2n) is 5.94. The van der Waals surface area contributed by atoms with Gasteiger partial charge in [-0.2, -0.15) is 8.78 Å². The first-order valence-electron chi connectivity index (χ1n) is 7.17. The van der Waals surface area contributed by atoms with Crippen molar-refractivity contribution in [3.63, 3.8) is 0 Å². The molecule has 0 saturated heterocycles. The molecule has 0 radical (unpaired) electrons. The molecule has 0 bridgehead atoms. The van der Waals surface area contributed by atoms with Crippen molar-refractivity contribution in [2.24, 2.45) is 23.7 Å². The highest BCUT2D eigenvalue weighted by Crippen LogP contribution is 2.41. The Morgan fingerprint density at radius 3 is 1.61 bits per heavy atom. The molecule has 0 aromatic rings. The summed E-state index contributed by atoms with van der Waals surface area (Å²) < 4.78 is 24.4. The molecule has 0 heterocycles. The van der Waals surface area contributed by atoms with Crippen LogP contribution in [0.5, 0.6) is 0 Å². The van der Waals surface area contributed by atoms with Crippen LogP contribution in [0.3, 0.4) is 0 Å². The van der Waals surface area contributed by atoms with Gasteiger partial charge >= 0.3 is 0 Å². The van der Waals surface area contributed by atoms with Gasteiger partial charge in [-0.3, -0.25) is 0 Å². The standard InChI is InChI=1S/C15H22F2O/c16-15(17)9-11-1-5-13(6-2-11)14-7-3-12(10-18)4-8-14/h9-14H,1-8H2. The lowest BCUT2D eigenvalue weighted by Gasteiger charge is -2.36. The lowest BCUT2D eigenvalue weighted by molar-refractivity contribution is -0.112. The van der Waals surface area contributed by atoms with Gasteiger partial charge in [0, 0.05) is 5.92 Å². The summed E-state index contributed by atoms with van der Waals surface area (Å²) in [7, 11) is 0. The number of rotatable bonds is 3. The van der Waals surface area contributed by atoms with E-state index in [1.807, 2.05) is 0 Å². The highest BCUT2D eigenvalue weighted by atomic mass is 19.3. The zero-order chi connectivity index (χ0) is 13.0. The van der Waals surface area contributed by atoms with Gasteiger partial charge in [-0.1, -0.05) is 0 Å². The van der Waals surface area contributed by atoms with Crippen LogP contribution in [0.1, 0.15) is 51.4 Å². The predicted molar refractivity (Wildman–Crippen MR) is 67.3 cm³/mol. The maximum Gasteiger partial charge on any atom is 0.266 e. The molecule has 0 aliphatic heterocycles. The molecule has 2 aliphatic carbocycles. The first-order chi connectivity index (χ1) is 8.69. The van der Waals surface area contributed by atoms with Crippen LogP contribution in [0.4, 0.5) is 8.78 Å². The van der Waals surface area contributed by atoms with E-state index in [0.29, 0.717) is 5.92 Å². The van der Waals surface area contributed by atoms with E-state index in [0.717, 1.165) is 69.6 Å². The average Bonchev–Trinajstić information content (AvgIpc) is 2.39. The van der Waals surface area contributed by atoms with Gasteiger partial charge in [-0.05, 0) is 75.2 Å². The number of hydrogen-bond acceptors (Lipinski definition) is 1. The van der Waals surface area contributed by atoms with E-state index in [4.69, 9.17) is 0 Å². The van der Waals surface area contributed by atoms with Crippen molar-refractivity contribution in [3.05, 3.63) is 12.2 Å². The molecule has 3 heteroatoms. The van der Waals surface area contributed by atoms with Crippen molar-refractivity contribution in [2.45, 2.75) is 51.4 Å². The van der Waals surface area contributed by atoms with Crippen molar-refractivity contribution in [3.8, 4) is 0 Å². The van der Waals surface area contributed by atoms with E-state index >= 15 is 0 Å². The molecule has 0 atom stereocenters. The Bertz CT molecular complexity index is 294. The molecule has 0 aromatic carbocycles. The monoisotopic (exact) mass is 256 g/mol. The van der Waals surface area contributed by atoms with Crippen LogP contribution in [0.2, 0.25) is 0 Å². The summed E-state index contributed by atoms with van der Waals surface area (Å²) in [6.07, 6.45) is 9.10. The molecule has 102 valence electrons. The first-order valence-corrected chi connectivity index (χ1v) is 7.17. The summed E-state index contributed by atoms with van der Waals surface area (Å²) in [5, 5.41) is 0. The lowest BCUT2D eigenvalue weighted by atomic mass is 9.69. The minimum atomic E-state index is -1.52. The van der Waals surface area contributed by atoms with Gasteiger partial charge in [0.1, 0.15) is 6.29 Å². The third kappa shape index (κ3) is 3.63. The summed E-state index contributed by atoms with van der Waals surface area (Å²) in [6.45, 7) is 0. The molecule has 2 fully saturated rings. The summed E-state index contributed by atoms with van der Waals surface area (Å²) in [5.74, 6) is 1.82. The minimum absolute atomic E-state index is 0.0950. The van der Waals surface area contributed by atoms with Gasteiger partial charge in [0.2, 0.25) is 0 Å². The van der Waals surface area contributed by atoms with Gasteiger partial charge in [-0.25, -0.2) is 0 Å². The van der Waals surface area contributed by atoms with Crippen molar-refractivity contribution in [1.29, 1.82) is 0 Å². The van der Waals surface area contributed by atoms with Gasteiger partial charge in [-0.15, -0.1) is 0 Å². The Balaban J connectivity index is 1.76. The summed E-state index contributed by atoms with van der Waals surface area (Å²) in [4.78, 5) is 10.7. The van der Waals surface area contributed by atoms with E-state index in [1.54, 1.807) is 0 Å². The number of carbonyl (C=O) groups excluding carboxylic acids is 1. The maximum absolute atomic E-state index is 12.2. The molecule has 0 unspecified atom stereocenters. The van der Waals surface area contributed by atoms with Crippen LogP contribution in [-0.2, 0) is 4.79 Å². The summed E-state index contributed by atoms with van der Waals surface area (Å²) in [5.41, 5.74) is 0. The number of allylic oxidation sites excluding steroid dienone is 1. The fraction of sp³-hybridized carbons (Fsp3) is 0.800. The molecule has 2 rings (SSSR count). The van der Waals surface area contributed by atoms with Crippen LogP contribution in [0, 0.1) is 23.7 Å². The molecular formula is C15H22F2O. The Hall–Kier alpha value is -0.730. The van der Waals surface area contributed by atoms with Gasteiger partial charge in [0.05, 0.1) is 0 Å². The first kappa shape index (κ1) is 13.7. The van der Waals surface area contributed by atoms with Crippen LogP contribution in [0.15, 0.2) is 12.2 Å². The van der Waals surface area contributed by atoms with E-state index in [1.165, 1.54) is 0 Å². The molecule has 18 heavy (non-hydrogen) atoms. The Labute approximate surface area is 108 Å². The van der Waals surface area contributed by atoms with Gasteiger partial charge in [0.15, 0.2) is 0 Å². The maximum atomic E-state index is 12.2. The number of halogens is 2. The quantitative estimate of drug-likeness (QED) is 0.675. The Morgan fingerprint density at radius 1 is 0.778 bits per heavy atom. The van der Waals surface area contributed by atoms with E-state index in [9.17, 15) is 13.6 Å². The zero-order valence-corrected chi connectivity index (χ0v) is 10.8. The fourth-order valence-electron chi connectivity index (χ4n) is 3.71. The third-order valence-corrected chi connectivity index (χ3v) is 4.85. The highest BCUT2D eigenvalue weighted by molar-refractivity contribution is 5.53. The summed E-state index contributed by atoms with van der Waals surface area (Å²) >= 11 is 0. The van der Waals surface area contributed by atoms with Crippen LogP contribution >= 0.6 is 0 Å². The molecule has 0 spiro atoms. The van der Waals surface area contributed by atoms with E-state index in [2.05, 4.69) is 0 Å². The average molecular weight is 256 g/mol. The normalized spacial score (nSPS) is 37.0. The van der Waals surface area contributed by atoms with Gasteiger partial charge in [0.25, 0.3) is 6.08 Å². The second-order valence-corrected chi connectivity index (χ2v) is 5.94. The number of carbonyl (C=O) groups is 1. The molecule has 1 nitrogen and oxygen atoms in total. The third-order valence-electron chi connectivity index (χ3n) is 4.85. The van der Waals surface area contributed by atoms with Crippen LogP contribution in [0.25, 0.3) is 0 Å². The molecule has 2 saturated carbocycles. The van der Waals surface area contributed by atoms with Crippen molar-refractivity contribution in [2.75, 3.05) is 0 Å². The topological polar surface area (TPSA) is 17.1 Å². The van der Waals surface area contributed by atoms with Crippen molar-refractivity contribution in [1.82, 2.24) is 0 Å². The van der Waals surface area contributed by atoms with E-state index in [-0.39, 0.29) is 11.8 Å². The minimum Gasteiger partial charge on any atom is -0.303 e. The second kappa shape index (κ2) is 6.44. The number of aldehydes is 1. The largest absolute Gasteiger partial charge is 0.303 e. The molecule has 0 aromatic heterocycles. The van der Waals surface area contributed by atoms with Crippen LogP contribution in [-0.4, -0.2) is 6.29 Å².